The van der Waals surface area contributed by atoms with E-state index in [0.717, 1.165) is 50.1 Å². The summed E-state index contributed by atoms with van der Waals surface area (Å²) in [4.78, 5) is 2.32. The van der Waals surface area contributed by atoms with Gasteiger partial charge in [0.25, 0.3) is 0 Å². The molecule has 0 unspecified atom stereocenters. The van der Waals surface area contributed by atoms with Crippen LogP contribution >= 0.6 is 11.3 Å². The predicted octanol–water partition coefficient (Wildman–Crippen LogP) is 11.3. The van der Waals surface area contributed by atoms with E-state index in [2.05, 4.69) is 139 Å². The summed E-state index contributed by atoms with van der Waals surface area (Å²) < 4.78 is 9.09. The molecular formula is C39H28N2OS. The van der Waals surface area contributed by atoms with Gasteiger partial charge in [-0.15, -0.1) is 11.3 Å². The molecule has 6 aromatic carbocycles. The van der Waals surface area contributed by atoms with Crippen molar-refractivity contribution in [3.05, 3.63) is 145 Å². The predicted molar refractivity (Wildman–Crippen MR) is 185 cm³/mol. The van der Waals surface area contributed by atoms with Crippen molar-refractivity contribution in [2.75, 3.05) is 4.90 Å². The molecule has 2 heterocycles. The smallest absolute Gasteiger partial charge is 0.138 e. The van der Waals surface area contributed by atoms with E-state index < -0.39 is 0 Å². The van der Waals surface area contributed by atoms with Crippen LogP contribution in [0.25, 0.3) is 59.3 Å². The molecule has 0 aliphatic carbocycles. The summed E-state index contributed by atoms with van der Waals surface area (Å²) >= 11 is 1.84. The Kier molecular flexibility index (Phi) is 6.02. The van der Waals surface area contributed by atoms with Gasteiger partial charge in [0, 0.05) is 54.1 Å². The molecule has 8 rings (SSSR count). The van der Waals surface area contributed by atoms with Gasteiger partial charge in [-0.1, -0.05) is 72.8 Å². The third-order valence-electron chi connectivity index (χ3n) is 8.30. The quantitative estimate of drug-likeness (QED) is 0.223. The summed E-state index contributed by atoms with van der Waals surface area (Å²) in [6, 6.07) is 45.5. The summed E-state index contributed by atoms with van der Waals surface area (Å²) in [5.74, 6) is 0. The third-order valence-corrected chi connectivity index (χ3v) is 9.44. The number of fused-ring (bicyclic) bond motifs is 6. The zero-order valence-electron chi connectivity index (χ0n) is 23.6. The Morgan fingerprint density at radius 3 is 2.07 bits per heavy atom. The van der Waals surface area contributed by atoms with Crippen molar-refractivity contribution >= 4 is 76.6 Å². The molecule has 43 heavy (non-hydrogen) atoms. The van der Waals surface area contributed by atoms with Crippen molar-refractivity contribution in [1.82, 2.24) is 0 Å². The van der Waals surface area contributed by atoms with Crippen LogP contribution in [-0.2, 0) is 0 Å². The number of hydrogen-bond donors (Lipinski definition) is 1. The Labute approximate surface area is 253 Å². The fraction of sp³-hybridized carbons (Fsp3) is 0.0256. The molecule has 0 saturated heterocycles. The molecule has 0 amide bonds. The number of furan rings is 1. The van der Waals surface area contributed by atoms with Crippen LogP contribution in [0.15, 0.2) is 138 Å². The second-order valence-electron chi connectivity index (χ2n) is 10.8. The maximum atomic E-state index is 6.52. The number of nitrogens with zero attached hydrogens (tertiary/aromatic N) is 1. The number of aryl methyl sites for hydroxylation is 1. The Morgan fingerprint density at radius 1 is 0.605 bits per heavy atom. The van der Waals surface area contributed by atoms with E-state index in [1.165, 1.54) is 31.3 Å². The Hall–Kier alpha value is -5.32. The van der Waals surface area contributed by atoms with Gasteiger partial charge >= 0.3 is 0 Å². The molecule has 4 heteroatoms. The van der Waals surface area contributed by atoms with Gasteiger partial charge in [-0.3, -0.25) is 0 Å². The van der Waals surface area contributed by atoms with E-state index in [9.17, 15) is 0 Å². The lowest BCUT2D eigenvalue weighted by atomic mass is 10.0. The van der Waals surface area contributed by atoms with Gasteiger partial charge in [-0.2, -0.15) is 0 Å². The van der Waals surface area contributed by atoms with Crippen LogP contribution < -0.4 is 10.6 Å². The molecule has 0 aliphatic rings. The highest BCUT2D eigenvalue weighted by Gasteiger charge is 2.18. The largest absolute Gasteiger partial charge is 0.456 e. The monoisotopic (exact) mass is 572 g/mol. The maximum Gasteiger partial charge on any atom is 0.138 e. The lowest BCUT2D eigenvalue weighted by molar-refractivity contribution is 0.665. The second kappa shape index (κ2) is 10.2. The Bertz CT molecular complexity index is 2310. The van der Waals surface area contributed by atoms with E-state index in [1.807, 2.05) is 17.4 Å². The van der Waals surface area contributed by atoms with Crippen LogP contribution in [0.3, 0.4) is 0 Å². The Balaban J connectivity index is 1.30. The van der Waals surface area contributed by atoms with E-state index in [-0.39, 0.29) is 0 Å². The first-order valence-electron chi connectivity index (χ1n) is 14.4. The number of nitrogens with two attached hydrogens (primary N) is 1. The zero-order chi connectivity index (χ0) is 28.9. The molecule has 2 aromatic heterocycles. The molecule has 0 bridgehead atoms. The van der Waals surface area contributed by atoms with Crippen LogP contribution in [0.4, 0.5) is 17.1 Å². The van der Waals surface area contributed by atoms with E-state index in [4.69, 9.17) is 10.2 Å². The van der Waals surface area contributed by atoms with Crippen molar-refractivity contribution < 1.29 is 4.42 Å². The van der Waals surface area contributed by atoms with Crippen LogP contribution in [0.1, 0.15) is 11.1 Å². The molecule has 0 atom stereocenters. The maximum absolute atomic E-state index is 6.52. The number of benzene rings is 6. The molecule has 206 valence electrons. The fourth-order valence-corrected chi connectivity index (χ4v) is 7.28. The van der Waals surface area contributed by atoms with Crippen LogP contribution in [0.5, 0.6) is 0 Å². The first kappa shape index (κ1) is 25.4. The minimum Gasteiger partial charge on any atom is -0.456 e. The minimum atomic E-state index is 0.860. The van der Waals surface area contributed by atoms with E-state index in [0.29, 0.717) is 0 Å². The van der Waals surface area contributed by atoms with Gasteiger partial charge in [-0.25, -0.2) is 0 Å². The van der Waals surface area contributed by atoms with Crippen molar-refractivity contribution in [2.45, 2.75) is 6.92 Å². The van der Waals surface area contributed by atoms with Crippen molar-refractivity contribution in [2.24, 2.45) is 5.73 Å². The van der Waals surface area contributed by atoms with Gasteiger partial charge in [0.1, 0.15) is 11.2 Å². The van der Waals surface area contributed by atoms with E-state index >= 15 is 0 Å². The first-order valence-corrected chi connectivity index (χ1v) is 15.2. The topological polar surface area (TPSA) is 42.4 Å². The van der Waals surface area contributed by atoms with E-state index in [1.54, 1.807) is 6.20 Å². The minimum absolute atomic E-state index is 0.860. The van der Waals surface area contributed by atoms with Crippen molar-refractivity contribution in [3.63, 3.8) is 0 Å². The third kappa shape index (κ3) is 4.27. The summed E-state index contributed by atoms with van der Waals surface area (Å²) in [7, 11) is 0. The lowest BCUT2D eigenvalue weighted by Gasteiger charge is -2.26. The SMILES string of the molecule is Cc1c(/C=C\N)ccc2c1oc1cc(N(c3ccc(-c4ccccc4)cc3)c3ccc4c(c3)sc3ccccc34)ccc12. The molecule has 8 aromatic rings. The normalized spacial score (nSPS) is 11.8. The van der Waals surface area contributed by atoms with Crippen LogP contribution in [0.2, 0.25) is 0 Å². The molecule has 0 fully saturated rings. The molecular weight excluding hydrogens is 545 g/mol. The van der Waals surface area contributed by atoms with Gasteiger partial charge in [0.2, 0.25) is 0 Å². The zero-order valence-corrected chi connectivity index (χ0v) is 24.4. The van der Waals surface area contributed by atoms with Crippen molar-refractivity contribution in [1.29, 1.82) is 0 Å². The van der Waals surface area contributed by atoms with Crippen LogP contribution in [0, 0.1) is 6.92 Å². The summed E-state index contributed by atoms with van der Waals surface area (Å²) in [5.41, 5.74) is 15.2. The van der Waals surface area contributed by atoms with Gasteiger partial charge in [-0.05, 0) is 90.0 Å². The lowest BCUT2D eigenvalue weighted by Crippen LogP contribution is -2.09. The number of thiophene rings is 1. The molecule has 3 nitrogen and oxygen atoms in total. The molecule has 0 radical (unpaired) electrons. The molecule has 0 spiro atoms. The summed E-state index contributed by atoms with van der Waals surface area (Å²) in [5, 5.41) is 4.80. The second-order valence-corrected chi connectivity index (χ2v) is 11.9. The van der Waals surface area contributed by atoms with Gasteiger partial charge in [0.15, 0.2) is 0 Å². The highest BCUT2D eigenvalue weighted by molar-refractivity contribution is 7.25. The number of hydrogen-bond acceptors (Lipinski definition) is 4. The Morgan fingerprint density at radius 2 is 1.26 bits per heavy atom. The summed E-state index contributed by atoms with van der Waals surface area (Å²) in [6.07, 6.45) is 3.49. The fourth-order valence-electron chi connectivity index (χ4n) is 6.14. The van der Waals surface area contributed by atoms with Crippen molar-refractivity contribution in [3.8, 4) is 11.1 Å². The highest BCUT2D eigenvalue weighted by Crippen LogP contribution is 2.42. The van der Waals surface area contributed by atoms with Gasteiger partial charge < -0.3 is 15.1 Å². The number of rotatable bonds is 5. The highest BCUT2D eigenvalue weighted by atomic mass is 32.1. The molecule has 0 aliphatic heterocycles. The van der Waals surface area contributed by atoms with Crippen LogP contribution in [-0.4, -0.2) is 0 Å². The number of anilines is 3. The average molecular weight is 573 g/mol. The molecule has 2 N–H and O–H groups in total. The molecule has 0 saturated carbocycles. The van der Waals surface area contributed by atoms with Gasteiger partial charge in [0.05, 0.1) is 0 Å². The standard InChI is InChI=1S/C39H28N2OS/c1-25-26(21-22-40)13-18-35-32-19-16-30(23-36(32)42-39(25)35)41(29-14-11-28(12-15-29)27-7-3-2-4-8-27)31-17-20-34-33-9-5-6-10-37(33)43-38(34)24-31/h2-24H,40H2,1H3/b22-21-. The summed E-state index contributed by atoms with van der Waals surface area (Å²) in [6.45, 7) is 2.09. The first-order chi connectivity index (χ1) is 21.2. The average Bonchev–Trinajstić information content (AvgIpc) is 3.61.